The van der Waals surface area contributed by atoms with Gasteiger partial charge >= 0.3 is 6.80 Å². The van der Waals surface area contributed by atoms with Crippen molar-refractivity contribution in [2.45, 2.75) is 55.0 Å². The molecular weight excluding hydrogens is 897 g/mol. The van der Waals surface area contributed by atoms with Gasteiger partial charge in [0, 0.05) is 17.2 Å². The SMILES string of the molecule is [B-][P@]1(=O)OC[C@H]2O[C@@H](n3cnc4c(N)ncnc43)[C@H](F)[C@@H]2O[P@@](=O)(SCc2ccc(OCCOCCOCCN=[N+]=[N-])cc2)OC[C@H]2O[C@@H](n3cnc4c(N)ncnc43)[C@H](F)[C@@H]2O1. The third-order valence-electron chi connectivity index (χ3n) is 9.77. The molecule has 3 saturated heterocycles. The zero-order valence-electron chi connectivity index (χ0n) is 32.8. The number of rotatable bonds is 15. The van der Waals surface area contributed by atoms with Crippen LogP contribution >= 0.6 is 25.7 Å². The molecule has 3 radical (unpaired) electrons. The fourth-order valence-electron chi connectivity index (χ4n) is 6.78. The van der Waals surface area contributed by atoms with Crippen molar-refractivity contribution in [1.29, 1.82) is 0 Å². The number of nitrogens with two attached hydrogens (primary N) is 2. The first-order valence-electron chi connectivity index (χ1n) is 19.1. The number of imidazole rings is 2. The molecule has 5 aromatic rings. The van der Waals surface area contributed by atoms with Crippen molar-refractivity contribution in [3.05, 3.63) is 65.6 Å². The van der Waals surface area contributed by atoms with Crippen molar-refractivity contribution in [1.82, 2.24) is 39.0 Å². The predicted molar refractivity (Wildman–Crippen MR) is 219 cm³/mol. The Morgan fingerprint density at radius 2 is 1.37 bits per heavy atom. The van der Waals surface area contributed by atoms with Crippen molar-refractivity contribution in [2.24, 2.45) is 5.11 Å². The van der Waals surface area contributed by atoms with Crippen LogP contribution in [0.3, 0.4) is 0 Å². The Labute approximate surface area is 360 Å². The lowest BCUT2D eigenvalue weighted by Gasteiger charge is -2.35. The highest BCUT2D eigenvalue weighted by molar-refractivity contribution is 8.54. The molecule has 3 aliphatic heterocycles. The summed E-state index contributed by atoms with van der Waals surface area (Å²) in [5, 5.41) is 3.38. The third-order valence-corrected chi connectivity index (χ3v) is 14.5. The average molecular weight is 936 g/mol. The van der Waals surface area contributed by atoms with Crippen molar-refractivity contribution in [2.75, 3.05) is 64.3 Å². The first-order chi connectivity index (χ1) is 30.4. The van der Waals surface area contributed by atoms with Crippen LogP contribution in [0.15, 0.2) is 54.7 Å². The normalized spacial score (nSPS) is 30.0. The monoisotopic (exact) mass is 935 g/mol. The van der Waals surface area contributed by atoms with E-state index in [1.165, 1.54) is 21.8 Å². The number of fused-ring (bicyclic) bond motifs is 4. The molecule has 0 saturated carbocycles. The number of anilines is 2. The Kier molecular flexibility index (Phi) is 14.1. The summed E-state index contributed by atoms with van der Waals surface area (Å²) in [7, 11) is 1.32. The van der Waals surface area contributed by atoms with Gasteiger partial charge in [-0.15, -0.1) is 0 Å². The molecule has 4 aromatic heterocycles. The molecule has 0 amide bonds. The predicted octanol–water partition coefficient (Wildman–Crippen LogP) is 4.16. The Morgan fingerprint density at radius 1 is 0.810 bits per heavy atom. The molecule has 0 aliphatic carbocycles. The maximum Gasteiger partial charge on any atom is 0.389 e. The Bertz CT molecular complexity index is 2530. The second-order valence-electron chi connectivity index (χ2n) is 13.8. The van der Waals surface area contributed by atoms with Gasteiger partial charge in [-0.3, -0.25) is 18.2 Å². The summed E-state index contributed by atoms with van der Waals surface area (Å²) in [5.41, 5.74) is 21.4. The van der Waals surface area contributed by atoms with Crippen LogP contribution in [-0.2, 0) is 51.9 Å². The van der Waals surface area contributed by atoms with E-state index in [9.17, 15) is 9.13 Å². The van der Waals surface area contributed by atoms with Crippen molar-refractivity contribution >= 4 is 67.2 Å². The molecular formula is C33H38BF2N13O11P2S-. The zero-order chi connectivity index (χ0) is 44.1. The summed E-state index contributed by atoms with van der Waals surface area (Å²) in [6.45, 7) is -4.21. The standard InChI is InChI=1S/C33H38BF2N13O11P2S/c34-61(50)55-11-20-27(23(36)33(57-20)49-17-45-25-29(38)41-15-43-31(25)49)60-62(51,63-13-18-1-3-19(4-2-18)54-10-9-53-8-7-52-6-5-46-47-39)56-12-21-26(59-61)22(35)32(58-21)48-16-44-24-28(37)40-14-42-30(24)48/h1-4,14-17,20-23,26-27,32-33H,5-13H2,(H2,37,40,42)(H2,38,41,43)/q-1/t20-,21-,22-,23-,26-,27-,32-,33-,61+,62+/m1/s1. The Morgan fingerprint density at radius 3 is 1.97 bits per heavy atom. The van der Waals surface area contributed by atoms with Gasteiger partial charge in [0.15, 0.2) is 47.7 Å². The van der Waals surface area contributed by atoms with Crippen molar-refractivity contribution in [3.8, 4) is 5.75 Å². The minimum Gasteiger partial charge on any atom is -0.491 e. The van der Waals surface area contributed by atoms with Gasteiger partial charge in [0.2, 0.25) is 0 Å². The molecule has 3 aliphatic rings. The molecule has 0 spiro atoms. The van der Waals surface area contributed by atoms with E-state index >= 15 is 8.78 Å². The molecule has 3 fully saturated rings. The number of nitrogens with zero attached hydrogens (tertiary/aromatic N) is 11. The van der Waals surface area contributed by atoms with Crippen LogP contribution in [0.4, 0.5) is 20.4 Å². The average Bonchev–Trinajstić information content (AvgIpc) is 4.04. The third kappa shape index (κ3) is 10.2. The van der Waals surface area contributed by atoms with Crippen LogP contribution < -0.4 is 16.2 Å². The van der Waals surface area contributed by atoms with Gasteiger partial charge in [-0.2, -0.15) is 0 Å². The molecule has 0 bridgehead atoms. The summed E-state index contributed by atoms with van der Waals surface area (Å²) in [5.74, 6) is 0.592. The van der Waals surface area contributed by atoms with Gasteiger partial charge in [-0.1, -0.05) is 17.2 Å². The van der Waals surface area contributed by atoms with Crippen LogP contribution in [0.1, 0.15) is 18.0 Å². The molecule has 24 nitrogen and oxygen atoms in total. The number of azide groups is 1. The summed E-state index contributed by atoms with van der Waals surface area (Å²) in [4.78, 5) is 27.1. The summed E-state index contributed by atoms with van der Waals surface area (Å²) in [6, 6.07) is 6.83. The van der Waals surface area contributed by atoms with Crippen molar-refractivity contribution in [3.63, 3.8) is 0 Å². The van der Waals surface area contributed by atoms with Crippen LogP contribution in [0, 0.1) is 0 Å². The lowest BCUT2D eigenvalue weighted by atomic mass is 10.1. The van der Waals surface area contributed by atoms with E-state index in [2.05, 4.69) is 39.9 Å². The second kappa shape index (κ2) is 19.7. The first kappa shape index (κ1) is 45.0. The number of hydrogen-bond acceptors (Lipinski definition) is 21. The van der Waals surface area contributed by atoms with E-state index < -0.39 is 76.7 Å². The molecule has 1 aromatic carbocycles. The van der Waals surface area contributed by atoms with Gasteiger partial charge < -0.3 is 56.3 Å². The van der Waals surface area contributed by atoms with E-state index in [-0.39, 0.29) is 59.5 Å². The van der Waals surface area contributed by atoms with Gasteiger partial charge in [0.1, 0.15) is 60.5 Å². The first-order valence-corrected chi connectivity index (χ1v) is 23.8. The molecule has 63 heavy (non-hydrogen) atoms. The second-order valence-corrected chi connectivity index (χ2v) is 19.4. The van der Waals surface area contributed by atoms with E-state index in [1.807, 2.05) is 0 Å². The lowest BCUT2D eigenvalue weighted by molar-refractivity contribution is -0.0546. The summed E-state index contributed by atoms with van der Waals surface area (Å²) < 4.78 is 116. The fourth-order valence-corrected chi connectivity index (χ4v) is 11.2. The van der Waals surface area contributed by atoms with Gasteiger partial charge in [-0.05, 0) is 34.6 Å². The number of hydrogen-bond donors (Lipinski definition) is 2. The topological polar surface area (TPSA) is 305 Å². The van der Waals surface area contributed by atoms with Crippen LogP contribution in [0.5, 0.6) is 5.75 Å². The molecule has 335 valence electrons. The molecule has 0 unspecified atom stereocenters. The number of halogens is 2. The van der Waals surface area contributed by atoms with Crippen LogP contribution in [0.25, 0.3) is 32.8 Å². The van der Waals surface area contributed by atoms with E-state index in [1.54, 1.807) is 24.3 Å². The lowest BCUT2D eigenvalue weighted by Crippen LogP contribution is -2.37. The Balaban J connectivity index is 1.000. The highest BCUT2D eigenvalue weighted by atomic mass is 32.7. The maximum absolute atomic E-state index is 16.8. The number of alkyl halides is 2. The highest BCUT2D eigenvalue weighted by Crippen LogP contribution is 2.65. The largest absolute Gasteiger partial charge is 0.491 e. The highest BCUT2D eigenvalue weighted by Gasteiger charge is 2.54. The molecule has 10 atom stereocenters. The number of benzene rings is 1. The van der Waals surface area contributed by atoms with Gasteiger partial charge in [0.25, 0.3) is 0 Å². The fraction of sp³-hybridized carbons (Fsp3) is 0.515. The number of nitrogen functional groups attached to an aromatic ring is 2. The van der Waals surface area contributed by atoms with Gasteiger partial charge in [0.05, 0.1) is 59.8 Å². The van der Waals surface area contributed by atoms with E-state index in [4.69, 9.17) is 66.3 Å². The van der Waals surface area contributed by atoms with E-state index in [0.717, 1.165) is 12.7 Å². The molecule has 30 heteroatoms. The quantitative estimate of drug-likeness (QED) is 0.0372. The Hall–Kier alpha value is -4.56. The maximum atomic E-state index is 16.8. The van der Waals surface area contributed by atoms with Crippen molar-refractivity contribution < 1.29 is 59.7 Å². The minimum atomic E-state index is -4.68. The molecule has 4 N–H and O–H groups in total. The van der Waals surface area contributed by atoms with Crippen LogP contribution in [-0.4, -0.2) is 136 Å². The number of aromatic nitrogens is 8. The van der Waals surface area contributed by atoms with Gasteiger partial charge in [-0.25, -0.2) is 43.2 Å². The molecule has 7 heterocycles. The minimum absolute atomic E-state index is 0.0117. The summed E-state index contributed by atoms with van der Waals surface area (Å²) in [6.07, 6.45) is -8.75. The molecule has 8 rings (SSSR count). The smallest absolute Gasteiger partial charge is 0.389 e. The van der Waals surface area contributed by atoms with Crippen LogP contribution in [0.2, 0.25) is 0 Å². The number of ether oxygens (including phenoxy) is 5. The zero-order valence-corrected chi connectivity index (χ0v) is 35.4. The van der Waals surface area contributed by atoms with E-state index in [0.29, 0.717) is 42.5 Å². The summed E-state index contributed by atoms with van der Waals surface area (Å²) >= 11 is 0.715.